The molecule has 1 saturated heterocycles. The molecule has 1 amide bonds. The minimum Gasteiger partial charge on any atom is -0.345 e. The Morgan fingerprint density at radius 3 is 2.43 bits per heavy atom. The molecule has 80 valence electrons. The molecule has 14 heavy (non-hydrogen) atoms. The third-order valence-electron chi connectivity index (χ3n) is 2.46. The van der Waals surface area contributed by atoms with Crippen LogP contribution in [-0.4, -0.2) is 41.3 Å². The second kappa shape index (κ2) is 3.69. The summed E-state index contributed by atoms with van der Waals surface area (Å²) in [5.41, 5.74) is -0.0110. The van der Waals surface area contributed by atoms with Crippen molar-refractivity contribution in [1.82, 2.24) is 10.2 Å². The molecule has 0 radical (unpaired) electrons. The van der Waals surface area contributed by atoms with Gasteiger partial charge in [0.2, 0.25) is 5.91 Å². The Balaban J connectivity index is 2.60. The van der Waals surface area contributed by atoms with Crippen molar-refractivity contribution >= 4 is 11.7 Å². The van der Waals surface area contributed by atoms with Gasteiger partial charge in [-0.25, -0.2) is 0 Å². The van der Waals surface area contributed by atoms with Crippen LogP contribution in [0.15, 0.2) is 0 Å². The molecule has 1 rings (SSSR count). The molecular weight excluding hydrogens is 180 g/mol. The molecule has 4 nitrogen and oxygen atoms in total. The Labute approximate surface area is 84.7 Å². The van der Waals surface area contributed by atoms with E-state index in [9.17, 15) is 9.59 Å². The topological polar surface area (TPSA) is 49.4 Å². The average Bonchev–Trinajstić information content (AvgIpc) is 2.30. The molecule has 0 aromatic heterocycles. The maximum atomic E-state index is 11.5. The average molecular weight is 198 g/mol. The molecule has 0 spiro atoms. The Hall–Kier alpha value is -0.900. The van der Waals surface area contributed by atoms with Crippen LogP contribution in [0.1, 0.15) is 27.7 Å². The fraction of sp³-hybridized carbons (Fsp3) is 0.800. The van der Waals surface area contributed by atoms with E-state index >= 15 is 0 Å². The van der Waals surface area contributed by atoms with Gasteiger partial charge in [-0.15, -0.1) is 0 Å². The Morgan fingerprint density at radius 2 is 2.07 bits per heavy atom. The summed E-state index contributed by atoms with van der Waals surface area (Å²) in [6.07, 6.45) is 0. The third-order valence-corrected chi connectivity index (χ3v) is 2.46. The largest absolute Gasteiger partial charge is 0.345 e. The highest BCUT2D eigenvalue weighted by molar-refractivity contribution is 5.91. The van der Waals surface area contributed by atoms with Crippen molar-refractivity contribution in [2.45, 2.75) is 39.3 Å². The standard InChI is InChI=1S/C10H18N2O2/c1-7(13)11-8-5-12(6-9(8)14)10(2,3)4/h8H,5-6H2,1-4H3,(H,11,13). The number of carbonyl (C=O) groups excluding carboxylic acids is 2. The van der Waals surface area contributed by atoms with Gasteiger partial charge in [0.1, 0.15) is 6.04 Å². The molecule has 4 heteroatoms. The van der Waals surface area contributed by atoms with Crippen LogP contribution in [0.5, 0.6) is 0 Å². The predicted octanol–water partition coefficient (Wildman–Crippen LogP) is 0.174. The second-order valence-corrected chi connectivity index (χ2v) is 4.77. The van der Waals surface area contributed by atoms with Gasteiger partial charge in [0, 0.05) is 19.0 Å². The van der Waals surface area contributed by atoms with E-state index in [1.165, 1.54) is 6.92 Å². The number of ketones is 1. The Kier molecular flexibility index (Phi) is 2.95. The van der Waals surface area contributed by atoms with Crippen LogP contribution in [0.3, 0.4) is 0 Å². The van der Waals surface area contributed by atoms with Crippen molar-refractivity contribution in [3.63, 3.8) is 0 Å². The van der Waals surface area contributed by atoms with Gasteiger partial charge in [0.05, 0.1) is 6.54 Å². The molecule has 1 N–H and O–H groups in total. The van der Waals surface area contributed by atoms with Gasteiger partial charge in [0.25, 0.3) is 0 Å². The van der Waals surface area contributed by atoms with Crippen molar-refractivity contribution in [2.24, 2.45) is 0 Å². The fourth-order valence-corrected chi connectivity index (χ4v) is 1.57. The number of nitrogens with zero attached hydrogens (tertiary/aromatic N) is 1. The monoisotopic (exact) mass is 198 g/mol. The third kappa shape index (κ3) is 2.54. The van der Waals surface area contributed by atoms with Crippen molar-refractivity contribution in [2.75, 3.05) is 13.1 Å². The summed E-state index contributed by atoms with van der Waals surface area (Å²) in [6, 6.07) is -0.313. The van der Waals surface area contributed by atoms with Crippen molar-refractivity contribution < 1.29 is 9.59 Å². The van der Waals surface area contributed by atoms with E-state index in [1.807, 2.05) is 0 Å². The number of rotatable bonds is 1. The molecular formula is C10H18N2O2. The van der Waals surface area contributed by atoms with Gasteiger partial charge >= 0.3 is 0 Å². The zero-order chi connectivity index (χ0) is 10.9. The van der Waals surface area contributed by atoms with E-state index in [-0.39, 0.29) is 23.3 Å². The lowest BCUT2D eigenvalue weighted by Crippen LogP contribution is -2.43. The molecule has 0 aromatic rings. The predicted molar refractivity (Wildman–Crippen MR) is 53.9 cm³/mol. The lowest BCUT2D eigenvalue weighted by molar-refractivity contribution is -0.124. The van der Waals surface area contributed by atoms with Crippen molar-refractivity contribution in [3.8, 4) is 0 Å². The summed E-state index contributed by atoms with van der Waals surface area (Å²) < 4.78 is 0. The van der Waals surface area contributed by atoms with E-state index < -0.39 is 0 Å². The number of likely N-dealkylation sites (tertiary alicyclic amines) is 1. The number of nitrogens with one attached hydrogen (secondary N) is 1. The van der Waals surface area contributed by atoms with Gasteiger partial charge in [0.15, 0.2) is 5.78 Å². The Morgan fingerprint density at radius 1 is 1.50 bits per heavy atom. The summed E-state index contributed by atoms with van der Waals surface area (Å²) >= 11 is 0. The lowest BCUT2D eigenvalue weighted by Gasteiger charge is -2.30. The molecule has 0 saturated carbocycles. The number of hydrogen-bond donors (Lipinski definition) is 1. The minimum absolute atomic E-state index is 0.0110. The number of hydrogen-bond acceptors (Lipinski definition) is 3. The van der Waals surface area contributed by atoms with Crippen LogP contribution in [0.25, 0.3) is 0 Å². The van der Waals surface area contributed by atoms with E-state index in [0.29, 0.717) is 13.1 Å². The van der Waals surface area contributed by atoms with Crippen LogP contribution < -0.4 is 5.32 Å². The minimum atomic E-state index is -0.313. The quantitative estimate of drug-likeness (QED) is 0.653. The van der Waals surface area contributed by atoms with E-state index in [1.54, 1.807) is 0 Å². The highest BCUT2D eigenvalue weighted by atomic mass is 16.2. The second-order valence-electron chi connectivity index (χ2n) is 4.77. The van der Waals surface area contributed by atoms with Gasteiger partial charge in [-0.2, -0.15) is 0 Å². The number of amides is 1. The van der Waals surface area contributed by atoms with Crippen LogP contribution in [0.2, 0.25) is 0 Å². The molecule has 1 atom stereocenters. The normalized spacial score (nSPS) is 24.0. The maximum absolute atomic E-state index is 11.5. The molecule has 1 unspecified atom stereocenters. The van der Waals surface area contributed by atoms with Crippen LogP contribution in [0.4, 0.5) is 0 Å². The molecule has 1 aliphatic rings. The van der Waals surface area contributed by atoms with Gasteiger partial charge in [-0.3, -0.25) is 14.5 Å². The molecule has 1 aliphatic heterocycles. The zero-order valence-corrected chi connectivity index (χ0v) is 9.26. The fourth-order valence-electron chi connectivity index (χ4n) is 1.57. The van der Waals surface area contributed by atoms with E-state index in [4.69, 9.17) is 0 Å². The summed E-state index contributed by atoms with van der Waals surface area (Å²) in [4.78, 5) is 24.4. The highest BCUT2D eigenvalue weighted by Gasteiger charge is 2.36. The first-order valence-corrected chi connectivity index (χ1v) is 4.85. The first-order chi connectivity index (χ1) is 6.30. The van der Waals surface area contributed by atoms with Crippen molar-refractivity contribution in [3.05, 3.63) is 0 Å². The van der Waals surface area contributed by atoms with Gasteiger partial charge in [-0.1, -0.05) is 0 Å². The maximum Gasteiger partial charge on any atom is 0.217 e. The first-order valence-electron chi connectivity index (χ1n) is 4.85. The molecule has 0 aliphatic carbocycles. The van der Waals surface area contributed by atoms with Gasteiger partial charge in [-0.05, 0) is 20.8 Å². The number of carbonyl (C=O) groups is 2. The molecule has 1 fully saturated rings. The summed E-state index contributed by atoms with van der Waals surface area (Å²) in [6.45, 7) is 8.70. The number of Topliss-reactive ketones (excluding diaryl/α,β-unsaturated/α-hetero) is 1. The highest BCUT2D eigenvalue weighted by Crippen LogP contribution is 2.18. The van der Waals surface area contributed by atoms with Crippen LogP contribution in [0, 0.1) is 0 Å². The Bertz CT molecular complexity index is 255. The molecule has 0 bridgehead atoms. The van der Waals surface area contributed by atoms with Crippen LogP contribution >= 0.6 is 0 Å². The SMILES string of the molecule is CC(=O)NC1CN(C(C)(C)C)CC1=O. The van der Waals surface area contributed by atoms with Crippen LogP contribution in [-0.2, 0) is 9.59 Å². The van der Waals surface area contributed by atoms with E-state index in [0.717, 1.165) is 0 Å². The zero-order valence-electron chi connectivity index (χ0n) is 9.26. The lowest BCUT2D eigenvalue weighted by atomic mass is 10.1. The van der Waals surface area contributed by atoms with Gasteiger partial charge < -0.3 is 5.32 Å². The van der Waals surface area contributed by atoms with E-state index in [2.05, 4.69) is 31.0 Å². The smallest absolute Gasteiger partial charge is 0.217 e. The molecule has 1 heterocycles. The first kappa shape index (κ1) is 11.2. The molecule has 0 aromatic carbocycles. The van der Waals surface area contributed by atoms with Crippen molar-refractivity contribution in [1.29, 1.82) is 0 Å². The summed E-state index contributed by atoms with van der Waals surface area (Å²) in [7, 11) is 0. The summed E-state index contributed by atoms with van der Waals surface area (Å²) in [5.74, 6) is -0.0331. The summed E-state index contributed by atoms with van der Waals surface area (Å²) in [5, 5.41) is 2.66.